The Morgan fingerprint density at radius 2 is 1.68 bits per heavy atom. The van der Waals surface area contributed by atoms with Gasteiger partial charge in [0.15, 0.2) is 0 Å². The van der Waals surface area contributed by atoms with Crippen molar-refractivity contribution < 1.29 is 19.2 Å². The Balaban J connectivity index is 1.73. The molecule has 0 radical (unpaired) electrons. The molecule has 3 rings (SSSR count). The smallest absolute Gasteiger partial charge is 0.242 e. The van der Waals surface area contributed by atoms with Gasteiger partial charge < -0.3 is 10.2 Å². The maximum atomic E-state index is 13.3. The summed E-state index contributed by atoms with van der Waals surface area (Å²) in [6, 6.07) is 4.30. The summed E-state index contributed by atoms with van der Waals surface area (Å²) >= 11 is 12.2. The first kappa shape index (κ1) is 26.2. The van der Waals surface area contributed by atoms with Crippen molar-refractivity contribution in [2.75, 3.05) is 13.1 Å². The van der Waals surface area contributed by atoms with E-state index in [-0.39, 0.29) is 60.9 Å². The van der Waals surface area contributed by atoms with E-state index in [1.54, 1.807) is 25.1 Å². The van der Waals surface area contributed by atoms with Crippen LogP contribution in [0.4, 0.5) is 0 Å². The second-order valence-corrected chi connectivity index (χ2v) is 10.1. The van der Waals surface area contributed by atoms with Gasteiger partial charge in [0.25, 0.3) is 0 Å². The van der Waals surface area contributed by atoms with E-state index in [1.807, 2.05) is 26.0 Å². The van der Waals surface area contributed by atoms with Crippen molar-refractivity contribution in [3.8, 4) is 0 Å². The van der Waals surface area contributed by atoms with Gasteiger partial charge in [0.1, 0.15) is 6.04 Å². The molecule has 0 spiro atoms. The van der Waals surface area contributed by atoms with Crippen LogP contribution < -0.4 is 5.32 Å². The van der Waals surface area contributed by atoms with Gasteiger partial charge in [0, 0.05) is 26.1 Å². The minimum Gasteiger partial charge on any atom is -0.354 e. The maximum absolute atomic E-state index is 13.3. The molecule has 9 heteroatoms. The summed E-state index contributed by atoms with van der Waals surface area (Å²) in [7, 11) is 0. The summed E-state index contributed by atoms with van der Waals surface area (Å²) < 4.78 is 0. The zero-order valence-corrected chi connectivity index (χ0v) is 21.2. The Bertz CT molecular complexity index is 968. The fraction of sp³-hybridized carbons (Fsp3) is 0.520. The highest BCUT2D eigenvalue weighted by molar-refractivity contribution is 6.42. The molecule has 0 saturated carbocycles. The molecule has 1 aliphatic carbocycles. The van der Waals surface area contributed by atoms with Crippen molar-refractivity contribution in [2.45, 2.75) is 52.6 Å². The molecule has 3 atom stereocenters. The first-order valence-electron chi connectivity index (χ1n) is 11.6. The van der Waals surface area contributed by atoms with Crippen LogP contribution in [0.25, 0.3) is 0 Å². The lowest BCUT2D eigenvalue weighted by Crippen LogP contribution is -2.49. The van der Waals surface area contributed by atoms with Crippen LogP contribution in [0.1, 0.15) is 45.6 Å². The fourth-order valence-electron chi connectivity index (χ4n) is 4.31. The standard InChI is InChI=1S/C25H31Cl2N3O4/c1-15(2)13-28-23(32)16(3)30(14-17-8-9-20(26)21(27)12-17)22(31)10-11-29-24(33)18-6-4-5-7-19(18)25(29)34/h4-5,8-9,12,15-16,18-19H,6-7,10-11,13-14H2,1-3H3,(H,28,32)/t16-,18-,19+/m0/s1. The van der Waals surface area contributed by atoms with Gasteiger partial charge in [-0.2, -0.15) is 0 Å². The topological polar surface area (TPSA) is 86.8 Å². The molecular formula is C25H31Cl2N3O4. The van der Waals surface area contributed by atoms with Crippen LogP contribution in [0.3, 0.4) is 0 Å². The molecule has 1 aliphatic heterocycles. The number of imide groups is 1. The van der Waals surface area contributed by atoms with Gasteiger partial charge in [0.2, 0.25) is 23.6 Å². The second-order valence-electron chi connectivity index (χ2n) is 9.32. The normalized spacial score (nSPS) is 20.5. The minimum atomic E-state index is -0.752. The van der Waals surface area contributed by atoms with Crippen LogP contribution in [-0.2, 0) is 25.7 Å². The number of halogens is 2. The molecule has 4 amide bonds. The van der Waals surface area contributed by atoms with Gasteiger partial charge in [-0.25, -0.2) is 0 Å². The van der Waals surface area contributed by atoms with Crippen LogP contribution in [0.15, 0.2) is 30.4 Å². The van der Waals surface area contributed by atoms with E-state index in [1.165, 1.54) is 9.80 Å². The molecule has 0 bridgehead atoms. The number of hydrogen-bond acceptors (Lipinski definition) is 4. The van der Waals surface area contributed by atoms with E-state index in [9.17, 15) is 19.2 Å². The number of nitrogens with one attached hydrogen (secondary N) is 1. The molecule has 2 aliphatic rings. The van der Waals surface area contributed by atoms with E-state index in [0.29, 0.717) is 29.4 Å². The van der Waals surface area contributed by atoms with Crippen molar-refractivity contribution in [3.05, 3.63) is 46.0 Å². The molecular weight excluding hydrogens is 477 g/mol. The van der Waals surface area contributed by atoms with Crippen LogP contribution in [0, 0.1) is 17.8 Å². The van der Waals surface area contributed by atoms with Gasteiger partial charge >= 0.3 is 0 Å². The Kier molecular flexibility index (Phi) is 8.77. The highest BCUT2D eigenvalue weighted by Gasteiger charge is 2.47. The first-order chi connectivity index (χ1) is 16.1. The van der Waals surface area contributed by atoms with E-state index >= 15 is 0 Å². The highest BCUT2D eigenvalue weighted by atomic mass is 35.5. The number of carbonyl (C=O) groups excluding carboxylic acids is 4. The monoisotopic (exact) mass is 507 g/mol. The molecule has 1 heterocycles. The number of allylic oxidation sites excluding steroid dienone is 2. The predicted molar refractivity (Wildman–Crippen MR) is 131 cm³/mol. The third kappa shape index (κ3) is 5.99. The van der Waals surface area contributed by atoms with Crippen molar-refractivity contribution >= 4 is 46.8 Å². The molecule has 7 nitrogen and oxygen atoms in total. The van der Waals surface area contributed by atoms with Gasteiger partial charge in [-0.15, -0.1) is 0 Å². The molecule has 1 saturated heterocycles. The number of fused-ring (bicyclic) bond motifs is 1. The number of likely N-dealkylation sites (tertiary alicyclic amines) is 1. The maximum Gasteiger partial charge on any atom is 0.242 e. The van der Waals surface area contributed by atoms with Gasteiger partial charge in [0.05, 0.1) is 21.9 Å². The average molecular weight is 508 g/mol. The lowest BCUT2D eigenvalue weighted by Gasteiger charge is -2.29. The third-order valence-corrected chi connectivity index (χ3v) is 7.08. The highest BCUT2D eigenvalue weighted by Crippen LogP contribution is 2.35. The molecule has 1 aromatic carbocycles. The van der Waals surface area contributed by atoms with Crippen LogP contribution in [0.5, 0.6) is 0 Å². The second kappa shape index (κ2) is 11.4. The summed E-state index contributed by atoms with van der Waals surface area (Å²) in [5.41, 5.74) is 0.719. The SMILES string of the molecule is CC(C)CNC(=O)[C@H](C)N(Cc1ccc(Cl)c(Cl)c1)C(=O)CCN1C(=O)[C@H]2CC=CC[C@H]2C1=O. The number of rotatable bonds is 9. The first-order valence-corrected chi connectivity index (χ1v) is 12.4. The molecule has 1 N–H and O–H groups in total. The lowest BCUT2D eigenvalue weighted by molar-refractivity contribution is -0.143. The minimum absolute atomic E-state index is 0.00169. The van der Waals surface area contributed by atoms with Crippen LogP contribution in [-0.4, -0.2) is 52.6 Å². The molecule has 1 aromatic rings. The summed E-state index contributed by atoms with van der Waals surface area (Å²) in [5.74, 6) is -1.43. The molecule has 1 fully saturated rings. The number of hydrogen-bond donors (Lipinski definition) is 1. The van der Waals surface area contributed by atoms with Crippen LogP contribution in [0.2, 0.25) is 10.0 Å². The predicted octanol–water partition coefficient (Wildman–Crippen LogP) is 3.82. The zero-order valence-electron chi connectivity index (χ0n) is 19.7. The Labute approximate surface area is 210 Å². The fourth-order valence-corrected chi connectivity index (χ4v) is 4.63. The van der Waals surface area contributed by atoms with Crippen molar-refractivity contribution in [1.82, 2.24) is 15.1 Å². The largest absolute Gasteiger partial charge is 0.354 e. The third-order valence-electron chi connectivity index (χ3n) is 6.34. The van der Waals surface area contributed by atoms with Crippen LogP contribution >= 0.6 is 23.2 Å². The van der Waals surface area contributed by atoms with Crippen molar-refractivity contribution in [3.63, 3.8) is 0 Å². The van der Waals surface area contributed by atoms with Gasteiger partial charge in [-0.3, -0.25) is 24.1 Å². The number of nitrogens with zero attached hydrogens (tertiary/aromatic N) is 2. The molecule has 0 unspecified atom stereocenters. The Hall–Kier alpha value is -2.38. The van der Waals surface area contributed by atoms with E-state index in [0.717, 1.165) is 5.56 Å². The van der Waals surface area contributed by atoms with Crippen molar-refractivity contribution in [2.24, 2.45) is 17.8 Å². The molecule has 0 aromatic heterocycles. The average Bonchev–Trinajstić information content (AvgIpc) is 3.05. The van der Waals surface area contributed by atoms with E-state index in [4.69, 9.17) is 23.2 Å². The summed E-state index contributed by atoms with van der Waals surface area (Å²) in [5, 5.41) is 3.61. The number of amides is 4. The Morgan fingerprint density at radius 1 is 1.06 bits per heavy atom. The quantitative estimate of drug-likeness (QED) is 0.406. The lowest BCUT2D eigenvalue weighted by atomic mass is 9.85. The Morgan fingerprint density at radius 3 is 2.24 bits per heavy atom. The summed E-state index contributed by atoms with van der Waals surface area (Å²) in [6.07, 6.45) is 4.90. The van der Waals surface area contributed by atoms with Crippen molar-refractivity contribution in [1.29, 1.82) is 0 Å². The summed E-state index contributed by atoms with van der Waals surface area (Å²) in [6.45, 7) is 6.27. The summed E-state index contributed by atoms with van der Waals surface area (Å²) in [4.78, 5) is 54.2. The van der Waals surface area contributed by atoms with Gasteiger partial charge in [-0.05, 0) is 43.4 Å². The number of benzene rings is 1. The zero-order chi connectivity index (χ0) is 25.0. The molecule has 34 heavy (non-hydrogen) atoms. The molecule has 184 valence electrons. The van der Waals surface area contributed by atoms with Gasteiger partial charge in [-0.1, -0.05) is 55.3 Å². The van der Waals surface area contributed by atoms with E-state index < -0.39 is 6.04 Å². The van der Waals surface area contributed by atoms with E-state index in [2.05, 4.69) is 5.32 Å². The number of carbonyl (C=O) groups is 4.